The zero-order chi connectivity index (χ0) is 28.8. The normalized spacial score (nSPS) is 32.7. The summed E-state index contributed by atoms with van der Waals surface area (Å²) in [6, 6.07) is 2.06. The van der Waals surface area contributed by atoms with Gasteiger partial charge in [-0.15, -0.1) is 0 Å². The topological polar surface area (TPSA) is 105 Å². The van der Waals surface area contributed by atoms with E-state index in [2.05, 4.69) is 32.5 Å². The molecule has 12 heteroatoms. The van der Waals surface area contributed by atoms with Crippen LogP contribution in [0.15, 0.2) is 44.4 Å². The maximum atomic E-state index is 14.3. The lowest BCUT2D eigenvalue weighted by Gasteiger charge is -2.39. The molecule has 0 aromatic heterocycles. The Morgan fingerprint density at radius 3 is 2.70 bits per heavy atom. The number of aryl methyl sites for hydroxylation is 1. The van der Waals surface area contributed by atoms with E-state index in [0.717, 1.165) is 42.3 Å². The van der Waals surface area contributed by atoms with Gasteiger partial charge in [-0.1, -0.05) is 19.1 Å². The predicted molar refractivity (Wildman–Crippen MR) is 145 cm³/mol. The van der Waals surface area contributed by atoms with Gasteiger partial charge in [0.15, 0.2) is 12.5 Å². The zero-order valence-electron chi connectivity index (χ0n) is 22.8. The van der Waals surface area contributed by atoms with Crippen LogP contribution in [0.25, 0.3) is 0 Å². The van der Waals surface area contributed by atoms with Crippen molar-refractivity contribution < 1.29 is 27.8 Å². The van der Waals surface area contributed by atoms with Crippen molar-refractivity contribution in [2.24, 2.45) is 20.9 Å². The van der Waals surface area contributed by atoms with Crippen molar-refractivity contribution in [3.05, 3.63) is 46.4 Å². The SMILES string of the molecule is Cc1ccc(C2N=C(C(F)(F)F)NC2C(O)N=C2CCC(C)C(NC3CCC4=C(C3)C(O)N(C)C=N4)C2)cc1F. The molecule has 1 aromatic carbocycles. The highest BCUT2D eigenvalue weighted by atomic mass is 19.4. The summed E-state index contributed by atoms with van der Waals surface area (Å²) in [4.78, 5) is 14.4. The van der Waals surface area contributed by atoms with Crippen molar-refractivity contribution in [3.63, 3.8) is 0 Å². The Balaban J connectivity index is 1.29. The Labute approximate surface area is 231 Å². The Hall–Kier alpha value is -2.83. The minimum absolute atomic E-state index is 0.0642. The van der Waals surface area contributed by atoms with Gasteiger partial charge >= 0.3 is 6.18 Å². The van der Waals surface area contributed by atoms with E-state index in [1.807, 2.05) is 0 Å². The Morgan fingerprint density at radius 1 is 1.20 bits per heavy atom. The van der Waals surface area contributed by atoms with Gasteiger partial charge in [-0.25, -0.2) is 9.38 Å². The molecule has 0 radical (unpaired) electrons. The molecule has 0 amide bonds. The van der Waals surface area contributed by atoms with Crippen LogP contribution in [0.1, 0.15) is 62.6 Å². The molecule has 4 aliphatic rings. The van der Waals surface area contributed by atoms with Crippen LogP contribution in [-0.2, 0) is 0 Å². The molecule has 7 atom stereocenters. The standard InChI is InChI=1S/C28H36F4N6O2/c1-14-4-6-16(10-20(14)29)23-24(37-27(36-23)28(30,31)32)25(39)35-18-7-5-15(2)22(12-18)34-17-8-9-21-19(11-17)26(40)38(3)13-33-21/h4,6,10,13,15,17,22-26,34,39-40H,5,7-9,11-12H2,1-3H3,(H,36,37). The first kappa shape index (κ1) is 28.7. The third-order valence-electron chi connectivity index (χ3n) is 8.49. The van der Waals surface area contributed by atoms with E-state index in [1.165, 1.54) is 12.1 Å². The summed E-state index contributed by atoms with van der Waals surface area (Å²) in [5, 5.41) is 27.7. The van der Waals surface area contributed by atoms with Crippen molar-refractivity contribution in [3.8, 4) is 0 Å². The summed E-state index contributed by atoms with van der Waals surface area (Å²) in [6.45, 7) is 3.71. The lowest BCUT2D eigenvalue weighted by molar-refractivity contribution is -0.0617. The first-order valence-corrected chi connectivity index (χ1v) is 13.7. The van der Waals surface area contributed by atoms with Gasteiger partial charge in [0, 0.05) is 42.5 Å². The number of benzene rings is 1. The molecule has 40 heavy (non-hydrogen) atoms. The van der Waals surface area contributed by atoms with Gasteiger partial charge in [0.1, 0.15) is 17.9 Å². The fourth-order valence-electron chi connectivity index (χ4n) is 5.99. The molecule has 4 N–H and O–H groups in total. The molecule has 2 aliphatic heterocycles. The summed E-state index contributed by atoms with van der Waals surface area (Å²) < 4.78 is 54.9. The fourth-order valence-corrected chi connectivity index (χ4v) is 5.99. The zero-order valence-corrected chi connectivity index (χ0v) is 22.8. The van der Waals surface area contributed by atoms with Crippen LogP contribution in [0.2, 0.25) is 0 Å². The molecule has 1 fully saturated rings. The molecule has 1 aromatic rings. The fraction of sp³-hybridized carbons (Fsp3) is 0.607. The van der Waals surface area contributed by atoms with Gasteiger partial charge in [0.2, 0.25) is 5.84 Å². The van der Waals surface area contributed by atoms with Crippen LogP contribution in [0.5, 0.6) is 0 Å². The number of halogens is 4. The smallest absolute Gasteiger partial charge is 0.370 e. The largest absolute Gasteiger partial charge is 0.448 e. The van der Waals surface area contributed by atoms with Crippen LogP contribution in [0.3, 0.4) is 0 Å². The van der Waals surface area contributed by atoms with Gasteiger partial charge in [0.25, 0.3) is 0 Å². The third-order valence-corrected chi connectivity index (χ3v) is 8.49. The first-order chi connectivity index (χ1) is 18.9. The molecule has 8 nitrogen and oxygen atoms in total. The predicted octanol–water partition coefficient (Wildman–Crippen LogP) is 3.74. The quantitative estimate of drug-likeness (QED) is 0.408. The lowest BCUT2D eigenvalue weighted by Crippen LogP contribution is -2.48. The minimum atomic E-state index is -4.74. The number of rotatable bonds is 5. The van der Waals surface area contributed by atoms with E-state index >= 15 is 0 Å². The van der Waals surface area contributed by atoms with E-state index in [1.54, 1.807) is 25.2 Å². The molecular formula is C28H36F4N6O2. The number of nitrogens with one attached hydrogen (secondary N) is 2. The minimum Gasteiger partial charge on any atom is -0.370 e. The molecule has 5 rings (SSSR count). The third kappa shape index (κ3) is 5.94. The molecule has 0 spiro atoms. The highest BCUT2D eigenvalue weighted by Gasteiger charge is 2.46. The van der Waals surface area contributed by atoms with Gasteiger partial charge in [-0.05, 0) is 62.1 Å². The van der Waals surface area contributed by atoms with Crippen molar-refractivity contribution in [1.82, 2.24) is 15.5 Å². The van der Waals surface area contributed by atoms with E-state index in [-0.39, 0.29) is 17.6 Å². The lowest BCUT2D eigenvalue weighted by atomic mass is 9.82. The number of aliphatic hydroxyl groups excluding tert-OH is 2. The highest BCUT2D eigenvalue weighted by molar-refractivity contribution is 5.90. The molecule has 218 valence electrons. The number of amidine groups is 1. The molecule has 2 aliphatic carbocycles. The van der Waals surface area contributed by atoms with Crippen LogP contribution < -0.4 is 10.6 Å². The van der Waals surface area contributed by atoms with Crippen molar-refractivity contribution >= 4 is 17.9 Å². The monoisotopic (exact) mass is 564 g/mol. The number of alkyl halides is 3. The van der Waals surface area contributed by atoms with Gasteiger partial charge in [-0.3, -0.25) is 9.98 Å². The van der Waals surface area contributed by atoms with Crippen LogP contribution in [0.4, 0.5) is 17.6 Å². The van der Waals surface area contributed by atoms with Crippen LogP contribution in [0, 0.1) is 18.7 Å². The number of aliphatic hydroxyl groups is 2. The molecule has 7 unspecified atom stereocenters. The number of likely N-dealkylation sites (N-methyl/N-ethyl adjacent to an activating group) is 1. The Bertz CT molecular complexity index is 1250. The average Bonchev–Trinajstić information content (AvgIpc) is 3.37. The summed E-state index contributed by atoms with van der Waals surface area (Å²) in [7, 11) is 1.79. The molecular weight excluding hydrogens is 528 g/mol. The maximum absolute atomic E-state index is 14.3. The summed E-state index contributed by atoms with van der Waals surface area (Å²) >= 11 is 0. The van der Waals surface area contributed by atoms with E-state index in [9.17, 15) is 27.8 Å². The van der Waals surface area contributed by atoms with Gasteiger partial charge in [-0.2, -0.15) is 13.2 Å². The number of nitrogens with zero attached hydrogens (tertiary/aromatic N) is 4. The van der Waals surface area contributed by atoms with E-state index in [0.29, 0.717) is 30.7 Å². The van der Waals surface area contributed by atoms with Crippen LogP contribution >= 0.6 is 0 Å². The van der Waals surface area contributed by atoms with Crippen molar-refractivity contribution in [1.29, 1.82) is 0 Å². The number of hydrogen-bond acceptors (Lipinski definition) is 8. The number of allylic oxidation sites excluding steroid dienone is 1. The number of aliphatic imine (C=N–C) groups is 3. The van der Waals surface area contributed by atoms with Crippen LogP contribution in [-0.4, -0.2) is 76.8 Å². The second kappa shape index (κ2) is 11.2. The van der Waals surface area contributed by atoms with E-state index in [4.69, 9.17) is 0 Å². The summed E-state index contributed by atoms with van der Waals surface area (Å²) in [6.07, 6.45) is -0.975. The molecule has 2 heterocycles. The highest BCUT2D eigenvalue weighted by Crippen LogP contribution is 2.35. The number of hydrogen-bond donors (Lipinski definition) is 4. The Kier molecular flexibility index (Phi) is 8.04. The molecule has 1 saturated carbocycles. The average molecular weight is 565 g/mol. The molecule has 0 bridgehead atoms. The van der Waals surface area contributed by atoms with Gasteiger partial charge in [0.05, 0.1) is 6.34 Å². The van der Waals surface area contributed by atoms with Gasteiger partial charge < -0.3 is 25.7 Å². The summed E-state index contributed by atoms with van der Waals surface area (Å²) in [5.41, 5.74) is 3.19. The molecule has 0 saturated heterocycles. The summed E-state index contributed by atoms with van der Waals surface area (Å²) in [5.74, 6) is -1.42. The Morgan fingerprint density at radius 2 is 1.98 bits per heavy atom. The van der Waals surface area contributed by atoms with Crippen molar-refractivity contribution in [2.45, 2.75) is 95.2 Å². The van der Waals surface area contributed by atoms with E-state index < -0.39 is 42.4 Å². The first-order valence-electron chi connectivity index (χ1n) is 13.7. The second-order valence-electron chi connectivity index (χ2n) is 11.4. The second-order valence-corrected chi connectivity index (χ2v) is 11.4. The van der Waals surface area contributed by atoms with Crippen molar-refractivity contribution in [2.75, 3.05) is 7.05 Å². The maximum Gasteiger partial charge on any atom is 0.448 e.